The van der Waals surface area contributed by atoms with E-state index in [9.17, 15) is 24.3 Å². The molecule has 0 aliphatic heterocycles. The van der Waals surface area contributed by atoms with Crippen molar-refractivity contribution >= 4 is 36.3 Å². The fourth-order valence-corrected chi connectivity index (χ4v) is 2.93. The maximum absolute atomic E-state index is 12.8. The summed E-state index contributed by atoms with van der Waals surface area (Å²) in [7, 11) is 0. The van der Waals surface area contributed by atoms with Gasteiger partial charge in [0.2, 0.25) is 17.7 Å². The lowest BCUT2D eigenvalue weighted by Crippen LogP contribution is -2.59. The van der Waals surface area contributed by atoms with Gasteiger partial charge in [0.25, 0.3) is 0 Å². The second-order valence-electron chi connectivity index (χ2n) is 8.41. The van der Waals surface area contributed by atoms with Gasteiger partial charge in [0.05, 0.1) is 6.04 Å². The molecule has 0 aliphatic carbocycles. The van der Waals surface area contributed by atoms with E-state index < -0.39 is 47.9 Å². The highest BCUT2D eigenvalue weighted by molar-refractivity contribution is 7.80. The minimum Gasteiger partial charge on any atom is -0.480 e. The van der Waals surface area contributed by atoms with Crippen LogP contribution in [0.3, 0.4) is 0 Å². The van der Waals surface area contributed by atoms with E-state index >= 15 is 0 Å². The van der Waals surface area contributed by atoms with Crippen molar-refractivity contribution in [2.75, 3.05) is 5.75 Å². The van der Waals surface area contributed by atoms with Crippen molar-refractivity contribution in [3.05, 3.63) is 0 Å². The fourth-order valence-electron chi connectivity index (χ4n) is 2.67. The number of carbonyl (C=O) groups is 4. The molecule has 0 saturated carbocycles. The van der Waals surface area contributed by atoms with Crippen LogP contribution < -0.4 is 21.7 Å². The van der Waals surface area contributed by atoms with Gasteiger partial charge in [-0.25, -0.2) is 4.79 Å². The summed E-state index contributed by atoms with van der Waals surface area (Å²) in [5.41, 5.74) is 5.82. The summed E-state index contributed by atoms with van der Waals surface area (Å²) < 4.78 is 0. The molecule has 3 amide bonds. The smallest absolute Gasteiger partial charge is 0.326 e. The Morgan fingerprint density at radius 1 is 0.900 bits per heavy atom. The van der Waals surface area contributed by atoms with Crippen LogP contribution in [0.1, 0.15) is 54.4 Å². The number of carbonyl (C=O) groups excluding carboxylic acids is 3. The molecule has 9 nitrogen and oxygen atoms in total. The first-order chi connectivity index (χ1) is 13.8. The Labute approximate surface area is 184 Å². The zero-order valence-corrected chi connectivity index (χ0v) is 19.7. The van der Waals surface area contributed by atoms with E-state index in [1.165, 1.54) is 0 Å². The summed E-state index contributed by atoms with van der Waals surface area (Å²) in [6.07, 6.45) is 0.848. The maximum Gasteiger partial charge on any atom is 0.326 e. The van der Waals surface area contributed by atoms with Crippen LogP contribution in [0.15, 0.2) is 0 Å². The quantitative estimate of drug-likeness (QED) is 0.227. The molecule has 174 valence electrons. The van der Waals surface area contributed by atoms with Crippen LogP contribution >= 0.6 is 12.6 Å². The van der Waals surface area contributed by atoms with E-state index in [4.69, 9.17) is 5.73 Å². The van der Waals surface area contributed by atoms with Gasteiger partial charge in [-0.2, -0.15) is 12.6 Å². The van der Waals surface area contributed by atoms with Crippen LogP contribution in [0, 0.1) is 17.8 Å². The topological polar surface area (TPSA) is 151 Å². The van der Waals surface area contributed by atoms with Crippen molar-refractivity contribution in [3.8, 4) is 0 Å². The zero-order chi connectivity index (χ0) is 23.6. The molecule has 30 heavy (non-hydrogen) atoms. The summed E-state index contributed by atoms with van der Waals surface area (Å²) in [6, 6.07) is -3.75. The number of thiol groups is 1. The molecular formula is C20H38N4O5S. The molecule has 0 bridgehead atoms. The maximum atomic E-state index is 12.8. The average molecular weight is 447 g/mol. The molecule has 10 heteroatoms. The van der Waals surface area contributed by atoms with E-state index in [2.05, 4.69) is 28.6 Å². The third kappa shape index (κ3) is 9.34. The molecule has 0 fully saturated rings. The van der Waals surface area contributed by atoms with Crippen molar-refractivity contribution in [3.63, 3.8) is 0 Å². The van der Waals surface area contributed by atoms with Crippen LogP contribution in [0.2, 0.25) is 0 Å². The lowest BCUT2D eigenvalue weighted by Gasteiger charge is -2.28. The predicted molar refractivity (Wildman–Crippen MR) is 119 cm³/mol. The highest BCUT2D eigenvalue weighted by Gasteiger charge is 2.32. The van der Waals surface area contributed by atoms with Crippen LogP contribution in [0.25, 0.3) is 0 Å². The van der Waals surface area contributed by atoms with Gasteiger partial charge in [-0.3, -0.25) is 14.4 Å². The minimum absolute atomic E-state index is 0.0162. The second kappa shape index (κ2) is 13.5. The summed E-state index contributed by atoms with van der Waals surface area (Å²) >= 11 is 4.12. The Kier molecular flexibility index (Phi) is 12.7. The molecule has 0 aromatic rings. The van der Waals surface area contributed by atoms with Crippen LogP contribution in [-0.2, 0) is 19.2 Å². The zero-order valence-electron chi connectivity index (χ0n) is 18.8. The van der Waals surface area contributed by atoms with E-state index in [1.807, 2.05) is 20.8 Å². The van der Waals surface area contributed by atoms with Crippen LogP contribution in [0.4, 0.5) is 0 Å². The lowest BCUT2D eigenvalue weighted by molar-refractivity contribution is -0.143. The van der Waals surface area contributed by atoms with Gasteiger partial charge < -0.3 is 26.8 Å². The molecule has 5 unspecified atom stereocenters. The Morgan fingerprint density at radius 2 is 1.43 bits per heavy atom. The molecule has 0 rings (SSSR count). The molecule has 0 spiro atoms. The van der Waals surface area contributed by atoms with E-state index in [0.29, 0.717) is 6.42 Å². The van der Waals surface area contributed by atoms with Gasteiger partial charge >= 0.3 is 5.97 Å². The first kappa shape index (κ1) is 28.2. The van der Waals surface area contributed by atoms with E-state index in [1.54, 1.807) is 20.8 Å². The molecule has 0 heterocycles. The largest absolute Gasteiger partial charge is 0.480 e. The van der Waals surface area contributed by atoms with Gasteiger partial charge in [0, 0.05) is 5.75 Å². The fraction of sp³-hybridized carbons (Fsp3) is 0.800. The van der Waals surface area contributed by atoms with Crippen molar-refractivity contribution < 1.29 is 24.3 Å². The van der Waals surface area contributed by atoms with Crippen molar-refractivity contribution in [1.82, 2.24) is 16.0 Å². The van der Waals surface area contributed by atoms with Crippen molar-refractivity contribution in [2.24, 2.45) is 23.5 Å². The number of nitrogens with two attached hydrogens (primary N) is 1. The molecule has 6 N–H and O–H groups in total. The number of amides is 3. The summed E-state index contributed by atoms with van der Waals surface area (Å²) in [4.78, 5) is 49.2. The second-order valence-corrected chi connectivity index (χ2v) is 8.78. The van der Waals surface area contributed by atoms with Gasteiger partial charge in [0.1, 0.15) is 18.1 Å². The third-order valence-corrected chi connectivity index (χ3v) is 5.32. The molecule has 0 aliphatic rings. The van der Waals surface area contributed by atoms with E-state index in [-0.39, 0.29) is 29.9 Å². The highest BCUT2D eigenvalue weighted by atomic mass is 32.1. The Morgan fingerprint density at radius 3 is 1.83 bits per heavy atom. The Bertz CT molecular complexity index is 600. The van der Waals surface area contributed by atoms with Crippen molar-refractivity contribution in [1.29, 1.82) is 0 Å². The number of hydrogen-bond acceptors (Lipinski definition) is 6. The van der Waals surface area contributed by atoms with Gasteiger partial charge in [-0.05, 0) is 24.2 Å². The van der Waals surface area contributed by atoms with Gasteiger partial charge in [0.15, 0.2) is 0 Å². The van der Waals surface area contributed by atoms with Crippen molar-refractivity contribution in [2.45, 2.75) is 78.6 Å². The summed E-state index contributed by atoms with van der Waals surface area (Å²) in [5.74, 6) is -3.04. The minimum atomic E-state index is -1.13. The lowest BCUT2D eigenvalue weighted by atomic mass is 9.96. The number of rotatable bonds is 13. The Hall–Kier alpha value is -1.81. The predicted octanol–water partition coefficient (Wildman–Crippen LogP) is 0.531. The molecule has 0 aromatic carbocycles. The Balaban J connectivity index is 5.34. The SMILES string of the molecule is CCC(C)C(NC(=O)C(CS)NC(=O)C(N)C(C)C)C(=O)NC(CC(C)C)C(=O)O. The molecule has 5 atom stereocenters. The van der Waals surface area contributed by atoms with Gasteiger partial charge in [-0.15, -0.1) is 0 Å². The first-order valence-corrected chi connectivity index (χ1v) is 11.0. The monoisotopic (exact) mass is 446 g/mol. The number of aliphatic carboxylic acids is 1. The molecule has 0 aromatic heterocycles. The average Bonchev–Trinajstić information content (AvgIpc) is 2.67. The number of hydrogen-bond donors (Lipinski definition) is 6. The van der Waals surface area contributed by atoms with Gasteiger partial charge in [-0.1, -0.05) is 48.0 Å². The third-order valence-electron chi connectivity index (χ3n) is 4.95. The summed E-state index contributed by atoms with van der Waals surface area (Å²) in [5, 5.41) is 17.1. The van der Waals surface area contributed by atoms with Crippen LogP contribution in [-0.4, -0.2) is 58.7 Å². The van der Waals surface area contributed by atoms with E-state index in [0.717, 1.165) is 0 Å². The normalized spacial score (nSPS) is 16.3. The molecular weight excluding hydrogens is 408 g/mol. The number of carboxylic acid groups (broad SMARTS) is 1. The number of carboxylic acids is 1. The highest BCUT2D eigenvalue weighted by Crippen LogP contribution is 2.11. The molecule has 0 saturated heterocycles. The standard InChI is InChI=1S/C20H38N4O5S/c1-7-12(6)16(19(27)22-13(20(28)29)8-10(2)3)24-17(25)14(9-30)23-18(26)15(21)11(4)5/h10-16,30H,7-9,21H2,1-6H3,(H,22,27)(H,23,26)(H,24,25)(H,28,29). The number of nitrogens with one attached hydrogen (secondary N) is 3. The molecule has 0 radical (unpaired) electrons. The first-order valence-electron chi connectivity index (χ1n) is 10.4. The van der Waals surface area contributed by atoms with Crippen LogP contribution in [0.5, 0.6) is 0 Å². The summed E-state index contributed by atoms with van der Waals surface area (Å²) in [6.45, 7) is 10.9.